The van der Waals surface area contributed by atoms with Crippen LogP contribution in [-0.4, -0.2) is 37.4 Å². The number of hydrogen-bond acceptors (Lipinski definition) is 4. The number of amides is 1. The van der Waals surface area contributed by atoms with Gasteiger partial charge in [0.15, 0.2) is 11.5 Å². The number of nitrogens with one attached hydrogen (secondary N) is 1. The van der Waals surface area contributed by atoms with Crippen molar-refractivity contribution in [3.8, 4) is 11.5 Å². The summed E-state index contributed by atoms with van der Waals surface area (Å²) in [5.41, 5.74) is -0.813. The van der Waals surface area contributed by atoms with Gasteiger partial charge in [0.1, 0.15) is 5.56 Å². The molecular weight excluding hydrogens is 283 g/mol. The van der Waals surface area contributed by atoms with Gasteiger partial charge in [-0.05, 0) is 6.07 Å². The van der Waals surface area contributed by atoms with E-state index in [1.807, 2.05) is 0 Å². The number of halogens is 3. The average Bonchev–Trinajstić information content (AvgIpc) is 2.36. The molecule has 1 aromatic carbocycles. The van der Waals surface area contributed by atoms with Crippen LogP contribution in [0.2, 0.25) is 0 Å². The number of anilines is 1. The fraction of sp³-hybridized carbons (Fsp3) is 0.273. The summed E-state index contributed by atoms with van der Waals surface area (Å²) >= 11 is 0. The number of carboxylic acid groups (broad SMARTS) is 1. The molecule has 0 bridgehead atoms. The van der Waals surface area contributed by atoms with E-state index in [2.05, 4.69) is 0 Å². The van der Waals surface area contributed by atoms with Gasteiger partial charge in [0, 0.05) is 11.8 Å². The van der Waals surface area contributed by atoms with Gasteiger partial charge in [-0.3, -0.25) is 4.79 Å². The van der Waals surface area contributed by atoms with Crippen molar-refractivity contribution in [2.24, 2.45) is 0 Å². The number of carboxylic acids is 1. The summed E-state index contributed by atoms with van der Waals surface area (Å²) < 4.78 is 46.0. The van der Waals surface area contributed by atoms with Crippen LogP contribution in [-0.2, 0) is 4.79 Å². The minimum absolute atomic E-state index is 0.120. The molecule has 0 aliphatic heterocycles. The van der Waals surface area contributed by atoms with Crippen molar-refractivity contribution in [2.45, 2.75) is 6.18 Å². The van der Waals surface area contributed by atoms with E-state index < -0.39 is 23.6 Å². The molecule has 0 radical (unpaired) electrons. The summed E-state index contributed by atoms with van der Waals surface area (Å²) in [5.74, 6) is -3.95. The standard InChI is InChI=1S/C11H10F3NO5/c1-19-7-4-5(15-10(18)11(12,13)14)3-6(9(16)17)8(7)20-2/h3-4H,1-2H3,(H,15,18)(H,16,17). The molecule has 1 rings (SSSR count). The lowest BCUT2D eigenvalue weighted by atomic mass is 10.1. The number of methoxy groups -OCH3 is 2. The third-order valence-electron chi connectivity index (χ3n) is 2.22. The minimum Gasteiger partial charge on any atom is -0.493 e. The van der Waals surface area contributed by atoms with Gasteiger partial charge in [-0.15, -0.1) is 0 Å². The lowest BCUT2D eigenvalue weighted by molar-refractivity contribution is -0.167. The van der Waals surface area contributed by atoms with Gasteiger partial charge >= 0.3 is 18.1 Å². The van der Waals surface area contributed by atoms with Crippen LogP contribution < -0.4 is 14.8 Å². The maximum Gasteiger partial charge on any atom is 0.471 e. The Balaban J connectivity index is 3.26. The van der Waals surface area contributed by atoms with Gasteiger partial charge in [0.25, 0.3) is 0 Å². The van der Waals surface area contributed by atoms with Crippen LogP contribution in [0.1, 0.15) is 10.4 Å². The molecule has 20 heavy (non-hydrogen) atoms. The van der Waals surface area contributed by atoms with E-state index in [9.17, 15) is 22.8 Å². The van der Waals surface area contributed by atoms with Gasteiger partial charge in [0.05, 0.1) is 14.2 Å². The van der Waals surface area contributed by atoms with Crippen LogP contribution in [0.25, 0.3) is 0 Å². The molecule has 0 aliphatic carbocycles. The van der Waals surface area contributed by atoms with Crippen molar-refractivity contribution in [1.82, 2.24) is 0 Å². The monoisotopic (exact) mass is 293 g/mol. The summed E-state index contributed by atoms with van der Waals surface area (Å²) in [6.07, 6.45) is -5.09. The van der Waals surface area contributed by atoms with Crippen LogP contribution in [0.4, 0.5) is 18.9 Å². The van der Waals surface area contributed by atoms with E-state index >= 15 is 0 Å². The van der Waals surface area contributed by atoms with Gasteiger partial charge < -0.3 is 19.9 Å². The fourth-order valence-corrected chi connectivity index (χ4v) is 1.40. The maximum atomic E-state index is 12.1. The number of rotatable bonds is 4. The highest BCUT2D eigenvalue weighted by atomic mass is 19.4. The molecule has 0 aromatic heterocycles. The largest absolute Gasteiger partial charge is 0.493 e. The second-order valence-corrected chi connectivity index (χ2v) is 3.52. The predicted molar refractivity (Wildman–Crippen MR) is 61.2 cm³/mol. The summed E-state index contributed by atoms with van der Waals surface area (Å²) in [7, 11) is 2.36. The second kappa shape index (κ2) is 5.68. The molecule has 0 heterocycles. The summed E-state index contributed by atoms with van der Waals surface area (Å²) in [5, 5.41) is 10.5. The van der Waals surface area contributed by atoms with E-state index in [-0.39, 0.29) is 17.2 Å². The van der Waals surface area contributed by atoms with Crippen LogP contribution in [0, 0.1) is 0 Å². The molecule has 9 heteroatoms. The minimum atomic E-state index is -5.09. The number of hydrogen-bond donors (Lipinski definition) is 2. The van der Waals surface area contributed by atoms with Crippen molar-refractivity contribution < 1.29 is 37.3 Å². The Hall–Kier alpha value is -2.45. The molecule has 1 amide bonds. The third-order valence-corrected chi connectivity index (χ3v) is 2.22. The molecule has 0 fully saturated rings. The summed E-state index contributed by atoms with van der Waals surface area (Å²) in [6.45, 7) is 0. The van der Waals surface area contributed by atoms with Crippen molar-refractivity contribution in [2.75, 3.05) is 19.5 Å². The number of carbonyl (C=O) groups is 2. The lowest BCUT2D eigenvalue weighted by Gasteiger charge is -2.14. The molecule has 0 atom stereocenters. The highest BCUT2D eigenvalue weighted by Gasteiger charge is 2.39. The van der Waals surface area contributed by atoms with Crippen LogP contribution in [0.5, 0.6) is 11.5 Å². The van der Waals surface area contributed by atoms with Gasteiger partial charge in [-0.25, -0.2) is 4.79 Å². The Kier molecular flexibility index (Phi) is 4.43. The second-order valence-electron chi connectivity index (χ2n) is 3.52. The molecule has 0 spiro atoms. The zero-order valence-electron chi connectivity index (χ0n) is 10.4. The zero-order valence-corrected chi connectivity index (χ0v) is 10.4. The third kappa shape index (κ3) is 3.31. The van der Waals surface area contributed by atoms with E-state index in [1.54, 1.807) is 5.32 Å². The molecule has 2 N–H and O–H groups in total. The topological polar surface area (TPSA) is 84.9 Å². The van der Waals surface area contributed by atoms with E-state index in [0.717, 1.165) is 12.1 Å². The number of alkyl halides is 3. The Labute approximate surface area is 111 Å². The van der Waals surface area contributed by atoms with Gasteiger partial charge in [-0.1, -0.05) is 0 Å². The van der Waals surface area contributed by atoms with E-state index in [4.69, 9.17) is 14.6 Å². The zero-order chi connectivity index (χ0) is 15.5. The molecular formula is C11H10F3NO5. The number of carbonyl (C=O) groups excluding carboxylic acids is 1. The fourth-order valence-electron chi connectivity index (χ4n) is 1.40. The molecule has 6 nitrogen and oxygen atoms in total. The highest BCUT2D eigenvalue weighted by Crippen LogP contribution is 2.35. The Morgan fingerprint density at radius 2 is 1.80 bits per heavy atom. The maximum absolute atomic E-state index is 12.1. The summed E-state index contributed by atoms with van der Waals surface area (Å²) in [6, 6.07) is 1.86. The van der Waals surface area contributed by atoms with E-state index in [0.29, 0.717) is 0 Å². The van der Waals surface area contributed by atoms with Gasteiger partial charge in [0.2, 0.25) is 0 Å². The molecule has 0 unspecified atom stereocenters. The average molecular weight is 293 g/mol. The lowest BCUT2D eigenvalue weighted by Crippen LogP contribution is -2.30. The first-order valence-electron chi connectivity index (χ1n) is 5.08. The number of ether oxygens (including phenoxy) is 2. The predicted octanol–water partition coefficient (Wildman–Crippen LogP) is 1.90. The van der Waals surface area contributed by atoms with Crippen LogP contribution in [0.3, 0.4) is 0 Å². The highest BCUT2D eigenvalue weighted by molar-refractivity contribution is 5.98. The molecule has 0 saturated carbocycles. The number of benzene rings is 1. The van der Waals surface area contributed by atoms with E-state index in [1.165, 1.54) is 14.2 Å². The van der Waals surface area contributed by atoms with Gasteiger partial charge in [-0.2, -0.15) is 13.2 Å². The SMILES string of the molecule is COc1cc(NC(=O)C(F)(F)F)cc(C(=O)O)c1OC. The quantitative estimate of drug-likeness (QED) is 0.885. The van der Waals surface area contributed by atoms with Crippen molar-refractivity contribution in [1.29, 1.82) is 0 Å². The first-order chi connectivity index (χ1) is 9.20. The first-order valence-corrected chi connectivity index (χ1v) is 5.08. The molecule has 110 valence electrons. The Bertz CT molecular complexity index is 542. The van der Waals surface area contributed by atoms with Crippen molar-refractivity contribution in [3.63, 3.8) is 0 Å². The van der Waals surface area contributed by atoms with Crippen LogP contribution >= 0.6 is 0 Å². The van der Waals surface area contributed by atoms with Crippen molar-refractivity contribution in [3.05, 3.63) is 17.7 Å². The Morgan fingerprint density at radius 1 is 1.20 bits per heavy atom. The molecule has 0 aliphatic rings. The normalized spacial score (nSPS) is 10.8. The molecule has 1 aromatic rings. The smallest absolute Gasteiger partial charge is 0.471 e. The first kappa shape index (κ1) is 15.6. The van der Waals surface area contributed by atoms with Crippen molar-refractivity contribution >= 4 is 17.6 Å². The Morgan fingerprint density at radius 3 is 2.20 bits per heavy atom. The number of aromatic carboxylic acids is 1. The summed E-state index contributed by atoms with van der Waals surface area (Å²) in [4.78, 5) is 21.8. The van der Waals surface area contributed by atoms with Crippen LogP contribution in [0.15, 0.2) is 12.1 Å². The molecule has 0 saturated heterocycles.